The number of hydrogen-bond donors (Lipinski definition) is 2. The van der Waals surface area contributed by atoms with E-state index in [0.717, 1.165) is 5.82 Å². The first-order valence-corrected chi connectivity index (χ1v) is 3.30. The van der Waals surface area contributed by atoms with Gasteiger partial charge in [-0.25, -0.2) is 0 Å². The zero-order valence-corrected chi connectivity index (χ0v) is 6.33. The van der Waals surface area contributed by atoms with Crippen molar-refractivity contribution in [1.29, 1.82) is 0 Å². The van der Waals surface area contributed by atoms with Crippen molar-refractivity contribution in [2.45, 2.75) is 6.17 Å². The van der Waals surface area contributed by atoms with Crippen molar-refractivity contribution in [3.8, 4) is 0 Å². The van der Waals surface area contributed by atoms with E-state index in [9.17, 15) is 0 Å². The molecule has 1 atom stereocenters. The van der Waals surface area contributed by atoms with Crippen LogP contribution in [0.1, 0.15) is 0 Å². The summed E-state index contributed by atoms with van der Waals surface area (Å²) >= 11 is 0. The zero-order chi connectivity index (χ0) is 7.56. The van der Waals surface area contributed by atoms with Crippen LogP contribution in [0.5, 0.6) is 0 Å². The molecule has 3 heteroatoms. The highest BCUT2D eigenvalue weighted by molar-refractivity contribution is 5.17. The standard InChI is InChI=1S/C7H13N3/c1-9-7-5-3-4-6(8)10(7)2/h3-6,9H,8H2,1-2H3. The van der Waals surface area contributed by atoms with Gasteiger partial charge in [-0.15, -0.1) is 0 Å². The van der Waals surface area contributed by atoms with E-state index in [0.29, 0.717) is 0 Å². The fourth-order valence-corrected chi connectivity index (χ4v) is 0.927. The van der Waals surface area contributed by atoms with Gasteiger partial charge in [-0.05, 0) is 12.2 Å². The predicted molar refractivity (Wildman–Crippen MR) is 42.0 cm³/mol. The Morgan fingerprint density at radius 2 is 2.40 bits per heavy atom. The van der Waals surface area contributed by atoms with Crippen molar-refractivity contribution in [3.63, 3.8) is 0 Å². The van der Waals surface area contributed by atoms with E-state index < -0.39 is 0 Å². The molecule has 10 heavy (non-hydrogen) atoms. The van der Waals surface area contributed by atoms with Crippen LogP contribution in [0.25, 0.3) is 0 Å². The minimum atomic E-state index is 0.00690. The van der Waals surface area contributed by atoms with E-state index in [4.69, 9.17) is 5.73 Å². The molecule has 3 nitrogen and oxygen atoms in total. The molecule has 0 aromatic rings. The highest BCUT2D eigenvalue weighted by Gasteiger charge is 2.10. The van der Waals surface area contributed by atoms with Gasteiger partial charge in [0.2, 0.25) is 0 Å². The Morgan fingerprint density at radius 3 is 2.90 bits per heavy atom. The number of nitrogens with one attached hydrogen (secondary N) is 1. The molecule has 0 fully saturated rings. The maximum atomic E-state index is 5.70. The molecule has 1 rings (SSSR count). The maximum absolute atomic E-state index is 5.70. The second-order valence-corrected chi connectivity index (χ2v) is 2.29. The molecule has 0 aromatic heterocycles. The third kappa shape index (κ3) is 1.14. The van der Waals surface area contributed by atoms with Crippen LogP contribution in [0.2, 0.25) is 0 Å². The van der Waals surface area contributed by atoms with Gasteiger partial charge in [-0.1, -0.05) is 6.08 Å². The Balaban J connectivity index is 2.71. The molecule has 0 aliphatic carbocycles. The van der Waals surface area contributed by atoms with Crippen LogP contribution in [-0.2, 0) is 0 Å². The summed E-state index contributed by atoms with van der Waals surface area (Å²) in [6, 6.07) is 0. The van der Waals surface area contributed by atoms with Gasteiger partial charge in [-0.3, -0.25) is 0 Å². The SMILES string of the molecule is CNC1=CC=CC(N)N1C. The third-order valence-electron chi connectivity index (χ3n) is 1.65. The average molecular weight is 139 g/mol. The van der Waals surface area contributed by atoms with Crippen LogP contribution in [-0.4, -0.2) is 25.2 Å². The van der Waals surface area contributed by atoms with Gasteiger partial charge in [0, 0.05) is 14.1 Å². The summed E-state index contributed by atoms with van der Waals surface area (Å²) in [5, 5.41) is 3.04. The highest BCUT2D eigenvalue weighted by atomic mass is 15.3. The van der Waals surface area contributed by atoms with Crippen LogP contribution in [0, 0.1) is 0 Å². The van der Waals surface area contributed by atoms with E-state index in [1.54, 1.807) is 0 Å². The molecular weight excluding hydrogens is 126 g/mol. The summed E-state index contributed by atoms with van der Waals surface area (Å²) in [4.78, 5) is 1.97. The second kappa shape index (κ2) is 2.75. The van der Waals surface area contributed by atoms with Crippen LogP contribution >= 0.6 is 0 Å². The van der Waals surface area contributed by atoms with Crippen molar-refractivity contribution in [2.75, 3.05) is 14.1 Å². The lowest BCUT2D eigenvalue weighted by molar-refractivity contribution is 0.335. The molecule has 1 unspecified atom stereocenters. The lowest BCUT2D eigenvalue weighted by Gasteiger charge is -2.28. The molecule has 0 amide bonds. The van der Waals surface area contributed by atoms with Crippen molar-refractivity contribution in [2.24, 2.45) is 5.73 Å². The summed E-state index contributed by atoms with van der Waals surface area (Å²) in [5.74, 6) is 1.05. The van der Waals surface area contributed by atoms with E-state index in [2.05, 4.69) is 5.32 Å². The largest absolute Gasteiger partial charge is 0.375 e. The Bertz CT molecular complexity index is 172. The fourth-order valence-electron chi connectivity index (χ4n) is 0.927. The number of allylic oxidation sites excluding steroid dienone is 2. The predicted octanol–water partition coefficient (Wildman–Crippen LogP) is -0.166. The topological polar surface area (TPSA) is 41.3 Å². The van der Waals surface area contributed by atoms with Crippen molar-refractivity contribution >= 4 is 0 Å². The number of nitrogens with zero attached hydrogens (tertiary/aromatic N) is 1. The van der Waals surface area contributed by atoms with Gasteiger partial charge < -0.3 is 16.0 Å². The van der Waals surface area contributed by atoms with Gasteiger partial charge in [0.25, 0.3) is 0 Å². The van der Waals surface area contributed by atoms with Gasteiger partial charge in [0.1, 0.15) is 5.82 Å². The number of rotatable bonds is 1. The molecule has 0 aromatic carbocycles. The highest BCUT2D eigenvalue weighted by Crippen LogP contribution is 2.05. The molecule has 0 saturated heterocycles. The average Bonchev–Trinajstić information content (AvgIpc) is 1.95. The van der Waals surface area contributed by atoms with E-state index in [1.807, 2.05) is 37.2 Å². The normalized spacial score (nSPS) is 24.5. The van der Waals surface area contributed by atoms with Crippen molar-refractivity contribution in [3.05, 3.63) is 24.0 Å². The molecule has 0 saturated carbocycles. The minimum Gasteiger partial charge on any atom is -0.375 e. The van der Waals surface area contributed by atoms with Gasteiger partial charge in [0.15, 0.2) is 0 Å². The van der Waals surface area contributed by atoms with Gasteiger partial charge >= 0.3 is 0 Å². The second-order valence-electron chi connectivity index (χ2n) is 2.29. The third-order valence-corrected chi connectivity index (χ3v) is 1.65. The Hall–Kier alpha value is -0.960. The number of nitrogens with two attached hydrogens (primary N) is 1. The molecule has 1 aliphatic rings. The zero-order valence-electron chi connectivity index (χ0n) is 6.33. The van der Waals surface area contributed by atoms with Gasteiger partial charge in [-0.2, -0.15) is 0 Å². The Kier molecular flexibility index (Phi) is 1.97. The van der Waals surface area contributed by atoms with E-state index >= 15 is 0 Å². The summed E-state index contributed by atoms with van der Waals surface area (Å²) in [6.45, 7) is 0. The Morgan fingerprint density at radius 1 is 1.70 bits per heavy atom. The van der Waals surface area contributed by atoms with E-state index in [-0.39, 0.29) is 6.17 Å². The molecule has 0 bridgehead atoms. The smallest absolute Gasteiger partial charge is 0.102 e. The number of hydrogen-bond acceptors (Lipinski definition) is 3. The molecular formula is C7H13N3. The van der Waals surface area contributed by atoms with Crippen molar-refractivity contribution in [1.82, 2.24) is 10.2 Å². The van der Waals surface area contributed by atoms with Crippen LogP contribution < -0.4 is 11.1 Å². The van der Waals surface area contributed by atoms with Gasteiger partial charge in [0.05, 0.1) is 6.17 Å². The first kappa shape index (κ1) is 7.15. The molecule has 3 N–H and O–H groups in total. The minimum absolute atomic E-state index is 0.00690. The summed E-state index contributed by atoms with van der Waals surface area (Å²) < 4.78 is 0. The summed E-state index contributed by atoms with van der Waals surface area (Å²) in [5.41, 5.74) is 5.70. The summed E-state index contributed by atoms with van der Waals surface area (Å²) in [7, 11) is 3.84. The first-order valence-electron chi connectivity index (χ1n) is 3.30. The summed E-state index contributed by atoms with van der Waals surface area (Å²) in [6.07, 6.45) is 5.90. The number of likely N-dealkylation sites (N-methyl/N-ethyl adjacent to an activating group) is 1. The molecule has 0 spiro atoms. The monoisotopic (exact) mass is 139 g/mol. The lowest BCUT2D eigenvalue weighted by Crippen LogP contribution is -2.41. The lowest BCUT2D eigenvalue weighted by atomic mass is 10.3. The van der Waals surface area contributed by atoms with Crippen molar-refractivity contribution < 1.29 is 0 Å². The molecule has 0 radical (unpaired) electrons. The Labute approximate surface area is 61.2 Å². The molecule has 1 heterocycles. The first-order chi connectivity index (χ1) is 4.75. The quantitative estimate of drug-likeness (QED) is 0.530. The molecule has 56 valence electrons. The molecule has 1 aliphatic heterocycles. The van der Waals surface area contributed by atoms with Crippen LogP contribution in [0.15, 0.2) is 24.0 Å². The van der Waals surface area contributed by atoms with Crippen LogP contribution in [0.4, 0.5) is 0 Å². The van der Waals surface area contributed by atoms with E-state index in [1.165, 1.54) is 0 Å². The van der Waals surface area contributed by atoms with Crippen LogP contribution in [0.3, 0.4) is 0 Å². The fraction of sp³-hybridized carbons (Fsp3) is 0.429. The maximum Gasteiger partial charge on any atom is 0.102 e.